The average molecular weight is 463 g/mol. The van der Waals surface area contributed by atoms with Gasteiger partial charge < -0.3 is 24.5 Å². The molecule has 3 aromatic rings. The number of nitrogens with one attached hydrogen (secondary N) is 2. The lowest BCUT2D eigenvalue weighted by Gasteiger charge is -2.22. The minimum Gasteiger partial charge on any atom is -0.493 e. The van der Waals surface area contributed by atoms with Crippen molar-refractivity contribution in [2.45, 2.75) is 26.3 Å². The topological polar surface area (TPSA) is 89.8 Å². The third-order valence-electron chi connectivity index (χ3n) is 5.18. The van der Waals surface area contributed by atoms with Crippen LogP contribution >= 0.6 is 0 Å². The second-order valence-electron chi connectivity index (χ2n) is 8.16. The molecule has 7 heteroatoms. The molecule has 0 bridgehead atoms. The molecule has 0 saturated carbocycles. The summed E-state index contributed by atoms with van der Waals surface area (Å²) in [4.78, 5) is 26.4. The van der Waals surface area contributed by atoms with Gasteiger partial charge in [0.15, 0.2) is 11.5 Å². The molecular formula is C27H30N2O5. The van der Waals surface area contributed by atoms with Crippen molar-refractivity contribution in [2.24, 2.45) is 5.92 Å². The number of carbonyl (C=O) groups excluding carboxylic acids is 2. The van der Waals surface area contributed by atoms with Crippen molar-refractivity contribution >= 4 is 17.9 Å². The van der Waals surface area contributed by atoms with Gasteiger partial charge in [0.2, 0.25) is 0 Å². The Balaban J connectivity index is 1.87. The summed E-state index contributed by atoms with van der Waals surface area (Å²) in [5, 5.41) is 5.79. The summed E-state index contributed by atoms with van der Waals surface area (Å²) < 4.78 is 15.9. The van der Waals surface area contributed by atoms with Gasteiger partial charge in [0.25, 0.3) is 11.8 Å². The zero-order valence-corrected chi connectivity index (χ0v) is 19.8. The van der Waals surface area contributed by atoms with Crippen molar-refractivity contribution in [1.29, 1.82) is 0 Å². The van der Waals surface area contributed by atoms with Crippen LogP contribution in [0.25, 0.3) is 6.08 Å². The maximum atomic E-state index is 13.3. The van der Waals surface area contributed by atoms with E-state index in [4.69, 9.17) is 13.9 Å². The maximum Gasteiger partial charge on any atom is 0.268 e. The van der Waals surface area contributed by atoms with Crippen molar-refractivity contribution < 1.29 is 23.5 Å². The molecule has 1 unspecified atom stereocenters. The second-order valence-corrected chi connectivity index (χ2v) is 8.16. The van der Waals surface area contributed by atoms with Gasteiger partial charge in [0, 0.05) is 11.6 Å². The summed E-state index contributed by atoms with van der Waals surface area (Å²) in [7, 11) is 3.01. The molecule has 0 radical (unpaired) electrons. The van der Waals surface area contributed by atoms with E-state index in [1.807, 2.05) is 30.3 Å². The largest absolute Gasteiger partial charge is 0.493 e. The van der Waals surface area contributed by atoms with E-state index in [1.165, 1.54) is 26.6 Å². The summed E-state index contributed by atoms with van der Waals surface area (Å²) in [6.45, 7) is 4.20. The summed E-state index contributed by atoms with van der Waals surface area (Å²) in [5.74, 6) is 0.829. The molecular weight excluding hydrogens is 432 g/mol. The van der Waals surface area contributed by atoms with E-state index in [0.29, 0.717) is 28.7 Å². The molecule has 0 fully saturated rings. The van der Waals surface area contributed by atoms with Gasteiger partial charge in [-0.05, 0) is 48.2 Å². The Labute approximate surface area is 199 Å². The molecule has 1 aromatic heterocycles. The first-order valence-corrected chi connectivity index (χ1v) is 11.1. The molecule has 0 aliphatic heterocycles. The highest BCUT2D eigenvalue weighted by molar-refractivity contribution is 6.05. The maximum absolute atomic E-state index is 13.3. The van der Waals surface area contributed by atoms with Crippen molar-refractivity contribution in [3.05, 3.63) is 89.5 Å². The quantitative estimate of drug-likeness (QED) is 0.415. The number of carbonyl (C=O) groups is 2. The van der Waals surface area contributed by atoms with E-state index >= 15 is 0 Å². The van der Waals surface area contributed by atoms with Gasteiger partial charge in [-0.15, -0.1) is 0 Å². The van der Waals surface area contributed by atoms with Crippen LogP contribution in [0.3, 0.4) is 0 Å². The Bertz CT molecular complexity index is 1120. The van der Waals surface area contributed by atoms with Crippen LogP contribution in [0.2, 0.25) is 0 Å². The van der Waals surface area contributed by atoms with Crippen LogP contribution in [0.1, 0.15) is 48.0 Å². The summed E-state index contributed by atoms with van der Waals surface area (Å²) in [5.41, 5.74) is 1.38. The number of benzene rings is 2. The fraction of sp³-hybridized carbons (Fsp3) is 0.259. The zero-order chi connectivity index (χ0) is 24.5. The second kappa shape index (κ2) is 11.7. The van der Waals surface area contributed by atoms with E-state index in [1.54, 1.807) is 30.3 Å². The number of ether oxygens (including phenoxy) is 2. The SMILES string of the molecule is COc1ccc(C(=O)N/C(=C\c2ccco2)C(=O)NC(CC(C)C)c2ccccc2)cc1OC. The number of amides is 2. The van der Waals surface area contributed by atoms with Crippen LogP contribution in [0.4, 0.5) is 0 Å². The van der Waals surface area contributed by atoms with Crippen LogP contribution in [0.5, 0.6) is 11.5 Å². The average Bonchev–Trinajstić information content (AvgIpc) is 3.36. The number of methoxy groups -OCH3 is 2. The predicted molar refractivity (Wildman–Crippen MR) is 130 cm³/mol. The first-order chi connectivity index (χ1) is 16.4. The predicted octanol–water partition coefficient (Wildman–Crippen LogP) is 4.97. The van der Waals surface area contributed by atoms with Gasteiger partial charge in [-0.25, -0.2) is 0 Å². The molecule has 2 aromatic carbocycles. The normalized spacial score (nSPS) is 12.2. The highest BCUT2D eigenvalue weighted by Crippen LogP contribution is 2.28. The van der Waals surface area contributed by atoms with E-state index in [-0.39, 0.29) is 11.7 Å². The molecule has 1 heterocycles. The highest BCUT2D eigenvalue weighted by atomic mass is 16.5. The monoisotopic (exact) mass is 462 g/mol. The third kappa shape index (κ3) is 6.51. The van der Waals surface area contributed by atoms with Crippen molar-refractivity contribution in [3.63, 3.8) is 0 Å². The van der Waals surface area contributed by atoms with Gasteiger partial charge in [-0.3, -0.25) is 9.59 Å². The molecule has 34 heavy (non-hydrogen) atoms. The van der Waals surface area contributed by atoms with Gasteiger partial charge in [-0.2, -0.15) is 0 Å². The smallest absolute Gasteiger partial charge is 0.268 e. The lowest BCUT2D eigenvalue weighted by Crippen LogP contribution is -2.37. The van der Waals surface area contributed by atoms with Crippen LogP contribution in [0.15, 0.2) is 77.0 Å². The van der Waals surface area contributed by atoms with Gasteiger partial charge >= 0.3 is 0 Å². The molecule has 0 aliphatic carbocycles. The minimum absolute atomic E-state index is 0.0689. The third-order valence-corrected chi connectivity index (χ3v) is 5.18. The zero-order valence-electron chi connectivity index (χ0n) is 19.8. The molecule has 2 N–H and O–H groups in total. The summed E-state index contributed by atoms with van der Waals surface area (Å²) in [6, 6.07) is 17.8. The van der Waals surface area contributed by atoms with Crippen LogP contribution in [-0.4, -0.2) is 26.0 Å². The van der Waals surface area contributed by atoms with Gasteiger partial charge in [-0.1, -0.05) is 44.2 Å². The molecule has 7 nitrogen and oxygen atoms in total. The summed E-state index contributed by atoms with van der Waals surface area (Å²) in [6.07, 6.45) is 3.75. The Morgan fingerprint density at radius 3 is 2.32 bits per heavy atom. The Morgan fingerprint density at radius 1 is 0.971 bits per heavy atom. The van der Waals surface area contributed by atoms with Crippen molar-refractivity contribution in [2.75, 3.05) is 14.2 Å². The van der Waals surface area contributed by atoms with E-state index < -0.39 is 11.8 Å². The van der Waals surface area contributed by atoms with E-state index in [0.717, 1.165) is 12.0 Å². The molecule has 3 rings (SSSR count). The van der Waals surface area contributed by atoms with Crippen molar-refractivity contribution in [3.8, 4) is 11.5 Å². The Kier molecular flexibility index (Phi) is 8.51. The van der Waals surface area contributed by atoms with E-state index in [2.05, 4.69) is 24.5 Å². The number of hydrogen-bond acceptors (Lipinski definition) is 5. The number of furan rings is 1. The Morgan fingerprint density at radius 2 is 1.71 bits per heavy atom. The van der Waals surface area contributed by atoms with Crippen molar-refractivity contribution in [1.82, 2.24) is 10.6 Å². The van der Waals surface area contributed by atoms with Crippen LogP contribution in [-0.2, 0) is 4.79 Å². The molecule has 0 saturated heterocycles. The molecule has 1 atom stereocenters. The molecule has 178 valence electrons. The standard InChI is InChI=1S/C27H30N2O5/c1-18(2)15-22(19-9-6-5-7-10-19)28-27(31)23(17-21-11-8-14-34-21)29-26(30)20-12-13-24(32-3)25(16-20)33-4/h5-14,16-18,22H,15H2,1-4H3,(H,28,31)(H,29,30)/b23-17-. The minimum atomic E-state index is -0.464. The molecule has 0 aliphatic rings. The van der Waals surface area contributed by atoms with Gasteiger partial charge in [0.05, 0.1) is 26.5 Å². The molecule has 2 amide bonds. The number of hydrogen-bond donors (Lipinski definition) is 2. The number of rotatable bonds is 10. The first kappa shape index (κ1) is 24.6. The fourth-order valence-electron chi connectivity index (χ4n) is 3.52. The van der Waals surface area contributed by atoms with E-state index in [9.17, 15) is 9.59 Å². The fourth-order valence-corrected chi connectivity index (χ4v) is 3.52. The molecule has 0 spiro atoms. The lowest BCUT2D eigenvalue weighted by atomic mass is 9.97. The first-order valence-electron chi connectivity index (χ1n) is 11.1. The highest BCUT2D eigenvalue weighted by Gasteiger charge is 2.21. The summed E-state index contributed by atoms with van der Waals surface area (Å²) >= 11 is 0. The van der Waals surface area contributed by atoms with Crippen LogP contribution < -0.4 is 20.1 Å². The Hall–Kier alpha value is -4.00. The van der Waals surface area contributed by atoms with Gasteiger partial charge in [0.1, 0.15) is 11.5 Å². The van der Waals surface area contributed by atoms with Crippen LogP contribution in [0, 0.1) is 5.92 Å². The lowest BCUT2D eigenvalue weighted by molar-refractivity contribution is -0.118.